The number of aromatic nitrogens is 11. The van der Waals surface area contributed by atoms with Crippen molar-refractivity contribution in [2.75, 3.05) is 0 Å². The van der Waals surface area contributed by atoms with Crippen LogP contribution in [0, 0.1) is 0 Å². The van der Waals surface area contributed by atoms with Gasteiger partial charge in [0.1, 0.15) is 0 Å². The predicted molar refractivity (Wildman–Crippen MR) is 588 cm³/mol. The number of pyridine rings is 4. The summed E-state index contributed by atoms with van der Waals surface area (Å²) in [5, 5.41) is 26.2. The maximum atomic E-state index is 5.45. The van der Waals surface area contributed by atoms with Gasteiger partial charge in [-0.3, -0.25) is 4.98 Å². The van der Waals surface area contributed by atoms with E-state index in [1.807, 2.05) is 127 Å². The lowest BCUT2D eigenvalue weighted by atomic mass is 9.92. The zero-order valence-corrected chi connectivity index (χ0v) is 76.7. The Balaban J connectivity index is 0.000000109. The van der Waals surface area contributed by atoms with Gasteiger partial charge in [0, 0.05) is 116 Å². The van der Waals surface area contributed by atoms with E-state index in [0.717, 1.165) is 150 Å². The van der Waals surface area contributed by atoms with Crippen LogP contribution in [0.3, 0.4) is 0 Å². The molecule has 0 atom stereocenters. The van der Waals surface area contributed by atoms with Crippen LogP contribution in [0.25, 0.3) is 276 Å². The average Bonchev–Trinajstić information content (AvgIpc) is 0.725. The molecule has 21 aromatic carbocycles. The maximum Gasteiger partial charge on any atom is 0.164 e. The summed E-state index contributed by atoms with van der Waals surface area (Å²) in [5.41, 5.74) is 22.6. The summed E-state index contributed by atoms with van der Waals surface area (Å²) in [6, 6.07) is 169. The fourth-order valence-electron chi connectivity index (χ4n) is 20.6. The van der Waals surface area contributed by atoms with E-state index in [0.29, 0.717) is 29.1 Å². The molecule has 0 saturated heterocycles. The van der Waals surface area contributed by atoms with Crippen LogP contribution in [-0.2, 0) is 0 Å². The summed E-state index contributed by atoms with van der Waals surface area (Å²) < 4.78 is 0. The van der Waals surface area contributed by atoms with Crippen molar-refractivity contribution in [2.45, 2.75) is 0 Å². The Morgan fingerprint density at radius 2 is 0.352 bits per heavy atom. The molecule has 0 bridgehead atoms. The molecular weight excluding hydrogens is 1730 g/mol. The molecule has 0 aliphatic heterocycles. The number of rotatable bonds is 12. The van der Waals surface area contributed by atoms with Gasteiger partial charge in [0.15, 0.2) is 29.1 Å². The van der Waals surface area contributed by atoms with Crippen LogP contribution in [-0.4, -0.2) is 54.8 Å². The smallest absolute Gasteiger partial charge is 0.164 e. The summed E-state index contributed by atoms with van der Waals surface area (Å²) in [6.07, 6.45) is 1.79. The highest BCUT2D eigenvalue weighted by Gasteiger charge is 2.24. The molecular formula is C131H81N11. The quantitative estimate of drug-likeness (QED) is 0.108. The maximum absolute atomic E-state index is 5.45. The summed E-state index contributed by atoms with van der Waals surface area (Å²) in [6.45, 7) is 0. The minimum atomic E-state index is 0.632. The van der Waals surface area contributed by atoms with Gasteiger partial charge in [0.2, 0.25) is 0 Å². The van der Waals surface area contributed by atoms with Crippen LogP contribution in [0.1, 0.15) is 0 Å². The van der Waals surface area contributed by atoms with Crippen LogP contribution in [0.2, 0.25) is 0 Å². The molecule has 660 valence electrons. The van der Waals surface area contributed by atoms with Gasteiger partial charge in [-0.15, -0.1) is 0 Å². The second-order valence-electron chi connectivity index (χ2n) is 35.6. The zero-order valence-electron chi connectivity index (χ0n) is 76.7. The van der Waals surface area contributed by atoms with Crippen molar-refractivity contribution in [3.8, 4) is 136 Å². The summed E-state index contributed by atoms with van der Waals surface area (Å²) >= 11 is 0. The first kappa shape index (κ1) is 83.4. The average molecular weight is 1810 g/mol. The van der Waals surface area contributed by atoms with Crippen molar-refractivity contribution in [3.05, 3.63) is 492 Å². The molecule has 0 fully saturated rings. The zero-order chi connectivity index (χ0) is 93.9. The molecule has 0 amide bonds. The molecule has 28 aromatic rings. The van der Waals surface area contributed by atoms with Gasteiger partial charge in [-0.2, -0.15) is 0 Å². The molecule has 0 unspecified atom stereocenters. The molecule has 0 aliphatic carbocycles. The molecule has 7 aromatic heterocycles. The van der Waals surface area contributed by atoms with Crippen molar-refractivity contribution >= 4 is 141 Å². The van der Waals surface area contributed by atoms with Crippen LogP contribution < -0.4 is 0 Å². The van der Waals surface area contributed by atoms with Crippen molar-refractivity contribution < 1.29 is 0 Å². The molecule has 28 rings (SSSR count). The topological polar surface area (TPSA) is 142 Å². The normalized spacial score (nSPS) is 11.5. The number of hydrogen-bond donors (Lipinski definition) is 0. The third kappa shape index (κ3) is 15.1. The van der Waals surface area contributed by atoms with Gasteiger partial charge >= 0.3 is 0 Å². The molecule has 11 nitrogen and oxygen atoms in total. The third-order valence-corrected chi connectivity index (χ3v) is 27.3. The molecule has 0 spiro atoms. The van der Waals surface area contributed by atoms with Crippen LogP contribution in [0.4, 0.5) is 0 Å². The molecule has 11 heteroatoms. The van der Waals surface area contributed by atoms with Crippen molar-refractivity contribution in [2.24, 2.45) is 0 Å². The van der Waals surface area contributed by atoms with Gasteiger partial charge in [0.05, 0.1) is 61.9 Å². The van der Waals surface area contributed by atoms with E-state index in [1.165, 1.54) is 97.3 Å². The van der Waals surface area contributed by atoms with Crippen LogP contribution in [0.5, 0.6) is 0 Å². The highest BCUT2D eigenvalue weighted by Crippen LogP contribution is 2.47. The Kier molecular flexibility index (Phi) is 21.0. The molecule has 0 radical (unpaired) electrons. The lowest BCUT2D eigenvalue weighted by Crippen LogP contribution is -2.00. The highest BCUT2D eigenvalue weighted by atomic mass is 15.0. The van der Waals surface area contributed by atoms with E-state index in [9.17, 15) is 0 Å². The van der Waals surface area contributed by atoms with Crippen LogP contribution in [0.15, 0.2) is 492 Å². The Labute approximate surface area is 817 Å². The van der Waals surface area contributed by atoms with E-state index in [-0.39, 0.29) is 0 Å². The fourth-order valence-corrected chi connectivity index (χ4v) is 20.6. The van der Waals surface area contributed by atoms with E-state index >= 15 is 0 Å². The fraction of sp³-hybridized carbons (Fsp3) is 0. The first-order valence-corrected chi connectivity index (χ1v) is 47.8. The first-order valence-electron chi connectivity index (χ1n) is 47.8. The Bertz CT molecular complexity index is 9330. The Hall–Kier alpha value is -19.2. The lowest BCUT2D eigenvalue weighted by molar-refractivity contribution is 1.07. The highest BCUT2D eigenvalue weighted by molar-refractivity contribution is 6.34. The Morgan fingerprint density at radius 1 is 0.120 bits per heavy atom. The monoisotopic (exact) mass is 1810 g/mol. The molecule has 0 aliphatic rings. The summed E-state index contributed by atoms with van der Waals surface area (Å²) in [5.74, 6) is 3.30. The number of nitrogens with zero attached hydrogens (tertiary/aromatic N) is 11. The lowest BCUT2D eigenvalue weighted by Gasteiger charge is -2.15. The second kappa shape index (κ2) is 35.8. The Morgan fingerprint density at radius 3 is 0.704 bits per heavy atom. The summed E-state index contributed by atoms with van der Waals surface area (Å²) in [7, 11) is 0. The van der Waals surface area contributed by atoms with Gasteiger partial charge < -0.3 is 0 Å². The standard InChI is InChI=1S/C47H29N3.2C42H26N4/c1-2-12-30(13-3-1)31-22-24-33(25-23-31)45-41-20-10-11-21-42(41)48-47(50-45)34-28-26-32(27-29-34)44-40-19-9-7-17-38(40)43-37-16-6-4-14-35(37)36-15-5-8-18-39(36)46(43)49-44;1-3-13-28(14-4-1)40-44-41(29-15-5-2-6-16-29)46-42(45-40)30-25-23-27(24-26-30)38-36-22-12-10-20-34(36)37-33-19-9-7-17-31(33)32-18-8-11-21-35(32)39(37)43-38;1-2-12-29(13-3-1)42-44-37(26-38(45-42)36-20-10-11-25-43-36)27-21-23-28(24-22-27)40-35-19-9-7-17-33(35)39-32-16-6-4-14-30(32)31-15-5-8-18-34(31)41(39)46-40/h1-29H;2*1-26H. The number of benzene rings is 21. The van der Waals surface area contributed by atoms with Gasteiger partial charge in [-0.1, -0.05) is 461 Å². The van der Waals surface area contributed by atoms with Crippen molar-refractivity contribution in [3.63, 3.8) is 0 Å². The molecule has 0 N–H and O–H groups in total. The first-order chi connectivity index (χ1) is 70.4. The van der Waals surface area contributed by atoms with E-state index in [1.54, 1.807) is 6.20 Å². The van der Waals surface area contributed by atoms with Crippen LogP contribution >= 0.6 is 0 Å². The minimum Gasteiger partial charge on any atom is -0.255 e. The van der Waals surface area contributed by atoms with Crippen molar-refractivity contribution in [1.82, 2.24) is 54.8 Å². The van der Waals surface area contributed by atoms with Gasteiger partial charge in [-0.25, -0.2) is 49.8 Å². The SMILES string of the molecule is c1ccc(-c2ccc(-c3nc(-c4ccc(-c5nc6c7ccccc7c7ccccc7c6c6ccccc56)cc4)nc4ccccc34)cc2)cc1.c1ccc(-c2nc(-c3ccc(-c4nc5c6ccccc6c6ccccc6c5c5ccccc45)cc3)cc(-c3ccccn3)n2)cc1.c1ccc(-c2nc(-c3ccccc3)nc(-c3ccc(-c4nc5c6ccccc6c6ccccc6c5c5ccccc45)cc3)n2)cc1. The largest absolute Gasteiger partial charge is 0.255 e. The number of para-hydroxylation sites is 1. The number of hydrogen-bond acceptors (Lipinski definition) is 11. The third-order valence-electron chi connectivity index (χ3n) is 27.3. The van der Waals surface area contributed by atoms with Gasteiger partial charge in [-0.05, 0) is 100 Å². The molecule has 7 heterocycles. The minimum absolute atomic E-state index is 0.632. The van der Waals surface area contributed by atoms with Crippen molar-refractivity contribution in [1.29, 1.82) is 0 Å². The number of fused-ring (bicyclic) bond motifs is 25. The van der Waals surface area contributed by atoms with E-state index < -0.39 is 0 Å². The molecule has 0 saturated carbocycles. The van der Waals surface area contributed by atoms with Gasteiger partial charge in [0.25, 0.3) is 0 Å². The van der Waals surface area contributed by atoms with E-state index in [4.69, 9.17) is 49.8 Å². The predicted octanol–water partition coefficient (Wildman–Crippen LogP) is 33.4. The molecule has 142 heavy (non-hydrogen) atoms. The summed E-state index contributed by atoms with van der Waals surface area (Å²) in [4.78, 5) is 55.6. The second-order valence-corrected chi connectivity index (χ2v) is 35.6. The van der Waals surface area contributed by atoms with E-state index in [2.05, 4.69) is 363 Å².